The molecular formula is C13H15ClFN. The molecule has 0 fully saturated rings. The predicted molar refractivity (Wildman–Crippen MR) is 68.9 cm³/mol. The smallest absolute Gasteiger partial charge is 0.116 e. The fourth-order valence-electron chi connectivity index (χ4n) is 1.79. The topological polar surface area (TPSA) is 26.0 Å². The van der Waals surface area contributed by atoms with Gasteiger partial charge in [-0.05, 0) is 16.3 Å². The fourth-order valence-corrected chi connectivity index (χ4v) is 1.79. The molecule has 1 atom stereocenters. The molecule has 86 valence electrons. The Morgan fingerprint density at radius 1 is 1.06 bits per heavy atom. The summed E-state index contributed by atoms with van der Waals surface area (Å²) in [5.41, 5.74) is 6.32. The second-order valence-corrected chi connectivity index (χ2v) is 3.68. The van der Waals surface area contributed by atoms with Crippen LogP contribution in [0, 0.1) is 0 Å². The Balaban J connectivity index is 0.00000128. The summed E-state index contributed by atoms with van der Waals surface area (Å²) in [6.45, 7) is 0.0865. The first-order valence-electron chi connectivity index (χ1n) is 5.12. The minimum absolute atomic E-state index is 0. The van der Waals surface area contributed by atoms with E-state index in [9.17, 15) is 4.39 Å². The van der Waals surface area contributed by atoms with Crippen LogP contribution >= 0.6 is 12.4 Å². The second kappa shape index (κ2) is 5.83. The summed E-state index contributed by atoms with van der Waals surface area (Å²) in [6, 6.07) is 14.0. The third-order valence-electron chi connectivity index (χ3n) is 2.58. The number of alkyl halides is 1. The second-order valence-electron chi connectivity index (χ2n) is 3.68. The lowest BCUT2D eigenvalue weighted by molar-refractivity contribution is 0.341. The van der Waals surface area contributed by atoms with Crippen molar-refractivity contribution in [2.24, 2.45) is 5.73 Å². The molecule has 0 aliphatic heterocycles. The van der Waals surface area contributed by atoms with Gasteiger partial charge in [0.2, 0.25) is 0 Å². The average molecular weight is 240 g/mol. The molecule has 0 aliphatic rings. The highest BCUT2D eigenvalue weighted by molar-refractivity contribution is 5.86. The number of hydrogen-bond acceptors (Lipinski definition) is 1. The summed E-state index contributed by atoms with van der Waals surface area (Å²) in [7, 11) is 0. The quantitative estimate of drug-likeness (QED) is 0.875. The molecule has 0 spiro atoms. The molecular weight excluding hydrogens is 225 g/mol. The minimum Gasteiger partial charge on any atom is -0.328 e. The molecule has 1 unspecified atom stereocenters. The maximum Gasteiger partial charge on any atom is 0.116 e. The van der Waals surface area contributed by atoms with Crippen molar-refractivity contribution in [3.8, 4) is 0 Å². The maximum absolute atomic E-state index is 13.2. The molecule has 0 aliphatic carbocycles. The van der Waals surface area contributed by atoms with E-state index in [4.69, 9.17) is 5.73 Å². The van der Waals surface area contributed by atoms with Gasteiger partial charge in [0, 0.05) is 13.0 Å². The third kappa shape index (κ3) is 2.71. The highest BCUT2D eigenvalue weighted by Crippen LogP contribution is 2.20. The number of halogens is 2. The van der Waals surface area contributed by atoms with E-state index in [1.807, 2.05) is 42.5 Å². The Morgan fingerprint density at radius 2 is 1.75 bits per heavy atom. The number of hydrogen-bond donors (Lipinski definition) is 1. The first-order valence-corrected chi connectivity index (χ1v) is 5.12. The summed E-state index contributed by atoms with van der Waals surface area (Å²) in [5, 5.41) is 2.27. The van der Waals surface area contributed by atoms with Gasteiger partial charge in [-0.25, -0.2) is 4.39 Å². The molecule has 0 heterocycles. The van der Waals surface area contributed by atoms with Gasteiger partial charge in [0.25, 0.3) is 0 Å². The Morgan fingerprint density at radius 3 is 2.50 bits per heavy atom. The highest BCUT2D eigenvalue weighted by Gasteiger charge is 2.07. The molecule has 2 aromatic carbocycles. The van der Waals surface area contributed by atoms with Crippen LogP contribution in [0.15, 0.2) is 42.5 Å². The Labute approximate surface area is 101 Å². The van der Waals surface area contributed by atoms with Crippen LogP contribution in [0.25, 0.3) is 10.8 Å². The minimum atomic E-state index is -0.948. The van der Waals surface area contributed by atoms with Crippen molar-refractivity contribution in [3.05, 3.63) is 48.0 Å². The fraction of sp³-hybridized carbons (Fsp3) is 0.231. The van der Waals surface area contributed by atoms with E-state index in [1.54, 1.807) is 0 Å². The summed E-state index contributed by atoms with van der Waals surface area (Å²) < 4.78 is 13.2. The molecule has 2 rings (SSSR count). The summed E-state index contributed by atoms with van der Waals surface area (Å²) in [6.07, 6.45) is -0.548. The normalized spacial score (nSPS) is 12.1. The molecule has 0 radical (unpaired) electrons. The van der Waals surface area contributed by atoms with Gasteiger partial charge in [-0.3, -0.25) is 0 Å². The predicted octanol–water partition coefficient (Wildman–Crippen LogP) is 3.10. The molecule has 2 aromatic rings. The summed E-state index contributed by atoms with van der Waals surface area (Å²) >= 11 is 0. The molecule has 0 bridgehead atoms. The van der Waals surface area contributed by atoms with Crippen molar-refractivity contribution in [2.75, 3.05) is 6.54 Å². The van der Waals surface area contributed by atoms with Crippen molar-refractivity contribution < 1.29 is 4.39 Å². The van der Waals surface area contributed by atoms with Gasteiger partial charge < -0.3 is 5.73 Å². The van der Waals surface area contributed by atoms with Crippen molar-refractivity contribution in [2.45, 2.75) is 12.6 Å². The number of nitrogens with two attached hydrogens (primary N) is 1. The lowest BCUT2D eigenvalue weighted by Gasteiger charge is -2.08. The van der Waals surface area contributed by atoms with Crippen LogP contribution in [0.3, 0.4) is 0 Å². The Kier molecular flexibility index (Phi) is 4.71. The van der Waals surface area contributed by atoms with Crippen molar-refractivity contribution in [1.82, 2.24) is 0 Å². The first kappa shape index (κ1) is 12.9. The molecule has 0 amide bonds. The monoisotopic (exact) mass is 239 g/mol. The first-order chi connectivity index (χ1) is 7.31. The number of benzene rings is 2. The van der Waals surface area contributed by atoms with Crippen LogP contribution < -0.4 is 5.73 Å². The lowest BCUT2D eigenvalue weighted by Crippen LogP contribution is -2.17. The molecule has 3 heteroatoms. The number of rotatable bonds is 3. The summed E-state index contributed by atoms with van der Waals surface area (Å²) in [5.74, 6) is 0. The highest BCUT2D eigenvalue weighted by atomic mass is 35.5. The third-order valence-corrected chi connectivity index (χ3v) is 2.58. The Hall–Kier alpha value is -1.12. The molecule has 1 nitrogen and oxygen atoms in total. The standard InChI is InChI=1S/C13H14FN.ClH/c14-12(9-15)8-11-6-3-5-10-4-1-2-7-13(10)11;/h1-7,12H,8-9,15H2;1H. The van der Waals surface area contributed by atoms with E-state index in [0.29, 0.717) is 6.42 Å². The zero-order valence-electron chi connectivity index (χ0n) is 8.90. The van der Waals surface area contributed by atoms with Crippen molar-refractivity contribution in [3.63, 3.8) is 0 Å². The summed E-state index contributed by atoms with van der Waals surface area (Å²) in [4.78, 5) is 0. The molecule has 0 saturated heterocycles. The van der Waals surface area contributed by atoms with Crippen LogP contribution in [0.1, 0.15) is 5.56 Å². The molecule has 0 aromatic heterocycles. The van der Waals surface area contributed by atoms with Gasteiger partial charge in [0.05, 0.1) is 0 Å². The van der Waals surface area contributed by atoms with Gasteiger partial charge in [0.1, 0.15) is 6.17 Å². The number of fused-ring (bicyclic) bond motifs is 1. The largest absolute Gasteiger partial charge is 0.328 e. The van der Waals surface area contributed by atoms with Gasteiger partial charge in [-0.2, -0.15) is 0 Å². The van der Waals surface area contributed by atoms with Crippen LogP contribution in [-0.2, 0) is 6.42 Å². The van der Waals surface area contributed by atoms with E-state index in [-0.39, 0.29) is 19.0 Å². The van der Waals surface area contributed by atoms with Crippen molar-refractivity contribution in [1.29, 1.82) is 0 Å². The van der Waals surface area contributed by atoms with Gasteiger partial charge >= 0.3 is 0 Å². The van der Waals surface area contributed by atoms with E-state index in [0.717, 1.165) is 16.3 Å². The van der Waals surface area contributed by atoms with Gasteiger partial charge in [0.15, 0.2) is 0 Å². The average Bonchev–Trinajstić information content (AvgIpc) is 2.29. The molecule has 2 N–H and O–H groups in total. The van der Waals surface area contributed by atoms with Crippen LogP contribution in [0.4, 0.5) is 4.39 Å². The lowest BCUT2D eigenvalue weighted by atomic mass is 10.0. The van der Waals surface area contributed by atoms with Gasteiger partial charge in [-0.15, -0.1) is 12.4 Å². The van der Waals surface area contributed by atoms with Crippen LogP contribution in [-0.4, -0.2) is 12.7 Å². The van der Waals surface area contributed by atoms with Crippen LogP contribution in [0.5, 0.6) is 0 Å². The molecule has 0 saturated carbocycles. The maximum atomic E-state index is 13.2. The Bertz CT molecular complexity index is 453. The van der Waals surface area contributed by atoms with E-state index in [2.05, 4.69) is 0 Å². The SMILES string of the molecule is Cl.NCC(F)Cc1cccc2ccccc12. The van der Waals surface area contributed by atoms with E-state index in [1.165, 1.54) is 0 Å². The van der Waals surface area contributed by atoms with Crippen molar-refractivity contribution >= 4 is 23.2 Å². The zero-order chi connectivity index (χ0) is 10.7. The van der Waals surface area contributed by atoms with E-state index < -0.39 is 6.17 Å². The van der Waals surface area contributed by atoms with E-state index >= 15 is 0 Å². The zero-order valence-corrected chi connectivity index (χ0v) is 9.71. The van der Waals surface area contributed by atoms with Crippen LogP contribution in [0.2, 0.25) is 0 Å². The van der Waals surface area contributed by atoms with Gasteiger partial charge in [-0.1, -0.05) is 42.5 Å². The molecule has 16 heavy (non-hydrogen) atoms.